The van der Waals surface area contributed by atoms with Crippen LogP contribution in [0.1, 0.15) is 19.8 Å². The van der Waals surface area contributed by atoms with Crippen LogP contribution >= 0.6 is 0 Å². The van der Waals surface area contributed by atoms with E-state index in [1.165, 1.54) is 0 Å². The van der Waals surface area contributed by atoms with Crippen molar-refractivity contribution in [2.45, 2.75) is 32.1 Å². The van der Waals surface area contributed by atoms with Crippen LogP contribution in [0.4, 0.5) is 17.6 Å². The summed E-state index contributed by atoms with van der Waals surface area (Å²) < 4.78 is 48.4. The molecule has 0 bridgehead atoms. The van der Waals surface area contributed by atoms with Crippen LogP contribution in [0.2, 0.25) is 0 Å². The Bertz CT molecular complexity index is 164. The zero-order valence-electron chi connectivity index (χ0n) is 8.78. The molecule has 0 fully saturated rings. The van der Waals surface area contributed by atoms with E-state index in [0.717, 1.165) is 12.8 Å². The molecule has 0 aliphatic heterocycles. The maximum absolute atomic E-state index is 12.4. The van der Waals surface area contributed by atoms with Gasteiger partial charge < -0.3 is 11.1 Å². The molecule has 0 amide bonds. The normalized spacial score (nSPS) is 14.6. The monoisotopic (exact) mass is 230 g/mol. The van der Waals surface area contributed by atoms with Gasteiger partial charge in [-0.3, -0.25) is 0 Å². The van der Waals surface area contributed by atoms with Crippen LogP contribution in [0.3, 0.4) is 0 Å². The fourth-order valence-corrected chi connectivity index (χ4v) is 1.23. The van der Waals surface area contributed by atoms with Gasteiger partial charge in [-0.2, -0.15) is 8.78 Å². The molecular formula is C9H18F4N2. The molecule has 2 nitrogen and oxygen atoms in total. The van der Waals surface area contributed by atoms with E-state index in [-0.39, 0.29) is 12.5 Å². The topological polar surface area (TPSA) is 38.0 Å². The van der Waals surface area contributed by atoms with E-state index in [1.807, 2.05) is 6.92 Å². The second kappa shape index (κ2) is 7.00. The third kappa shape index (κ3) is 5.94. The quantitative estimate of drug-likeness (QED) is 0.624. The van der Waals surface area contributed by atoms with Gasteiger partial charge in [0.05, 0.1) is 6.54 Å². The first kappa shape index (κ1) is 14.6. The van der Waals surface area contributed by atoms with Crippen LogP contribution in [0.25, 0.3) is 0 Å². The highest BCUT2D eigenvalue weighted by molar-refractivity contribution is 4.73. The van der Waals surface area contributed by atoms with E-state index in [1.54, 1.807) is 0 Å². The molecule has 3 N–H and O–H groups in total. The molecule has 0 saturated carbocycles. The second-order valence-electron chi connectivity index (χ2n) is 3.58. The van der Waals surface area contributed by atoms with Crippen molar-refractivity contribution in [3.8, 4) is 0 Å². The van der Waals surface area contributed by atoms with Crippen molar-refractivity contribution in [2.75, 3.05) is 19.6 Å². The molecule has 6 heteroatoms. The molecule has 0 radical (unpaired) electrons. The summed E-state index contributed by atoms with van der Waals surface area (Å²) in [6.07, 6.45) is -1.91. The molecule has 15 heavy (non-hydrogen) atoms. The standard InChI is InChI=1S/C9H18F4N2/c1-2-3-7(4-14)5-15-6-9(12,13)8(10)11/h7-8,15H,2-6,14H2,1H3. The molecule has 0 spiro atoms. The van der Waals surface area contributed by atoms with Crippen LogP contribution in [0, 0.1) is 5.92 Å². The molecule has 0 saturated heterocycles. The summed E-state index contributed by atoms with van der Waals surface area (Å²) in [7, 11) is 0. The van der Waals surface area contributed by atoms with Crippen LogP contribution in [-0.2, 0) is 0 Å². The van der Waals surface area contributed by atoms with Crippen LogP contribution in [0.5, 0.6) is 0 Å². The lowest BCUT2D eigenvalue weighted by Gasteiger charge is -2.19. The SMILES string of the molecule is CCCC(CN)CNCC(F)(F)C(F)F. The summed E-state index contributed by atoms with van der Waals surface area (Å²) in [5.41, 5.74) is 5.39. The summed E-state index contributed by atoms with van der Waals surface area (Å²) >= 11 is 0. The largest absolute Gasteiger partial charge is 0.330 e. The number of rotatable bonds is 8. The maximum atomic E-state index is 12.4. The Kier molecular flexibility index (Phi) is 6.84. The summed E-state index contributed by atoms with van der Waals surface area (Å²) in [5, 5.41) is 2.33. The van der Waals surface area contributed by atoms with Crippen molar-refractivity contribution in [1.29, 1.82) is 0 Å². The predicted octanol–water partition coefficient (Wildman–Crippen LogP) is 1.85. The lowest BCUT2D eigenvalue weighted by atomic mass is 10.0. The Labute approximate surface area is 87.2 Å². The first-order valence-corrected chi connectivity index (χ1v) is 5.00. The lowest BCUT2D eigenvalue weighted by molar-refractivity contribution is -0.125. The molecule has 0 aliphatic carbocycles. The van der Waals surface area contributed by atoms with E-state index >= 15 is 0 Å². The van der Waals surface area contributed by atoms with E-state index in [4.69, 9.17) is 5.73 Å². The highest BCUT2D eigenvalue weighted by Gasteiger charge is 2.40. The molecule has 92 valence electrons. The maximum Gasteiger partial charge on any atom is 0.319 e. The Hall–Kier alpha value is -0.360. The van der Waals surface area contributed by atoms with Crippen LogP contribution < -0.4 is 11.1 Å². The number of nitrogens with two attached hydrogens (primary N) is 1. The van der Waals surface area contributed by atoms with Gasteiger partial charge in [0.2, 0.25) is 0 Å². The van der Waals surface area contributed by atoms with Gasteiger partial charge in [-0.25, -0.2) is 8.78 Å². The van der Waals surface area contributed by atoms with Gasteiger partial charge in [0, 0.05) is 0 Å². The Balaban J connectivity index is 3.76. The Morgan fingerprint density at radius 2 is 1.93 bits per heavy atom. The zero-order chi connectivity index (χ0) is 11.9. The molecule has 1 unspecified atom stereocenters. The predicted molar refractivity (Wildman–Crippen MR) is 51.3 cm³/mol. The van der Waals surface area contributed by atoms with Crippen molar-refractivity contribution >= 4 is 0 Å². The van der Waals surface area contributed by atoms with Crippen molar-refractivity contribution < 1.29 is 17.6 Å². The zero-order valence-corrected chi connectivity index (χ0v) is 8.78. The van der Waals surface area contributed by atoms with E-state index in [2.05, 4.69) is 5.32 Å². The Morgan fingerprint density at radius 1 is 1.33 bits per heavy atom. The van der Waals surface area contributed by atoms with Crippen molar-refractivity contribution in [1.82, 2.24) is 5.32 Å². The smallest absolute Gasteiger partial charge is 0.319 e. The fraction of sp³-hybridized carbons (Fsp3) is 1.00. The number of hydrogen-bond donors (Lipinski definition) is 2. The van der Waals surface area contributed by atoms with Gasteiger partial charge in [-0.15, -0.1) is 0 Å². The third-order valence-corrected chi connectivity index (χ3v) is 2.14. The first-order valence-electron chi connectivity index (χ1n) is 5.00. The molecular weight excluding hydrogens is 212 g/mol. The molecule has 0 heterocycles. The van der Waals surface area contributed by atoms with Gasteiger partial charge in [0.1, 0.15) is 0 Å². The third-order valence-electron chi connectivity index (χ3n) is 2.14. The summed E-state index contributed by atoms with van der Waals surface area (Å²) in [4.78, 5) is 0. The molecule has 1 atom stereocenters. The van der Waals surface area contributed by atoms with E-state index < -0.39 is 18.9 Å². The number of alkyl halides is 4. The average Bonchev–Trinajstić information content (AvgIpc) is 2.16. The highest BCUT2D eigenvalue weighted by Crippen LogP contribution is 2.21. The van der Waals surface area contributed by atoms with E-state index in [0.29, 0.717) is 6.54 Å². The molecule has 0 rings (SSSR count). The van der Waals surface area contributed by atoms with Crippen LogP contribution in [-0.4, -0.2) is 32.0 Å². The summed E-state index contributed by atoms with van der Waals surface area (Å²) in [6.45, 7) is 1.59. The summed E-state index contributed by atoms with van der Waals surface area (Å²) in [6, 6.07) is 0. The number of nitrogens with one attached hydrogen (secondary N) is 1. The minimum atomic E-state index is -3.95. The van der Waals surface area contributed by atoms with Gasteiger partial charge in [0.25, 0.3) is 0 Å². The van der Waals surface area contributed by atoms with Crippen molar-refractivity contribution in [2.24, 2.45) is 11.7 Å². The minimum Gasteiger partial charge on any atom is -0.330 e. The molecule has 0 aromatic rings. The lowest BCUT2D eigenvalue weighted by Crippen LogP contribution is -2.41. The van der Waals surface area contributed by atoms with Gasteiger partial charge >= 0.3 is 12.3 Å². The van der Waals surface area contributed by atoms with Gasteiger partial charge in [-0.1, -0.05) is 13.3 Å². The second-order valence-corrected chi connectivity index (χ2v) is 3.58. The molecule has 0 aliphatic rings. The van der Waals surface area contributed by atoms with Gasteiger partial charge in [0.15, 0.2) is 0 Å². The van der Waals surface area contributed by atoms with E-state index in [9.17, 15) is 17.6 Å². The fourth-order valence-electron chi connectivity index (χ4n) is 1.23. The molecule has 0 aromatic heterocycles. The molecule has 0 aromatic carbocycles. The number of halogens is 4. The van der Waals surface area contributed by atoms with Crippen molar-refractivity contribution in [3.05, 3.63) is 0 Å². The number of hydrogen-bond acceptors (Lipinski definition) is 2. The minimum absolute atomic E-state index is 0.0727. The highest BCUT2D eigenvalue weighted by atomic mass is 19.3. The first-order chi connectivity index (χ1) is 6.94. The summed E-state index contributed by atoms with van der Waals surface area (Å²) in [5.74, 6) is -3.88. The van der Waals surface area contributed by atoms with Crippen molar-refractivity contribution in [3.63, 3.8) is 0 Å². The van der Waals surface area contributed by atoms with Crippen LogP contribution in [0.15, 0.2) is 0 Å². The van der Waals surface area contributed by atoms with Gasteiger partial charge in [-0.05, 0) is 25.4 Å². The average molecular weight is 230 g/mol. The Morgan fingerprint density at radius 3 is 2.33 bits per heavy atom.